The second-order valence-electron chi connectivity index (χ2n) is 2.02. The van der Waals surface area contributed by atoms with Gasteiger partial charge in [-0.15, -0.1) is 0 Å². The fourth-order valence-electron chi connectivity index (χ4n) is 0.689. The number of H-pyrrole nitrogens is 1. The molecule has 0 aliphatic heterocycles. The molecular weight excluding hydrogens is 302 g/mol. The predicted octanol–water partition coefficient (Wildman–Crippen LogP) is 2.57. The molecule has 1 N–H and O–H groups in total. The summed E-state index contributed by atoms with van der Waals surface area (Å²) in [4.78, 5) is 13.1. The number of nitrogens with one attached hydrogen (secondary N) is 1. The summed E-state index contributed by atoms with van der Waals surface area (Å²) in [5.74, 6) is 0. The molecule has 0 saturated heterocycles. The fraction of sp³-hybridized carbons (Fsp3) is 0.167. The van der Waals surface area contributed by atoms with Crippen LogP contribution in [0.1, 0.15) is 12.0 Å². The van der Waals surface area contributed by atoms with E-state index in [0.29, 0.717) is 3.70 Å². The topological polar surface area (TPSA) is 32.9 Å². The zero-order chi connectivity index (χ0) is 9.30. The quantitative estimate of drug-likeness (QED) is 0.628. The van der Waals surface area contributed by atoms with Crippen molar-refractivity contribution >= 4 is 34.2 Å². The van der Waals surface area contributed by atoms with Gasteiger partial charge in [-0.25, -0.2) is 8.78 Å². The van der Waals surface area contributed by atoms with E-state index in [4.69, 9.17) is 11.6 Å². The van der Waals surface area contributed by atoms with E-state index in [9.17, 15) is 13.6 Å². The summed E-state index contributed by atoms with van der Waals surface area (Å²) in [5.41, 5.74) is -1.11. The number of alkyl halides is 2. The summed E-state index contributed by atoms with van der Waals surface area (Å²) in [6.07, 6.45) is -2.71. The van der Waals surface area contributed by atoms with E-state index in [-0.39, 0.29) is 0 Å². The van der Waals surface area contributed by atoms with Crippen molar-refractivity contribution in [3.05, 3.63) is 30.7 Å². The van der Waals surface area contributed by atoms with Crippen molar-refractivity contribution in [3.8, 4) is 0 Å². The molecule has 1 rings (SSSR count). The Morgan fingerprint density at radius 1 is 1.58 bits per heavy atom. The van der Waals surface area contributed by atoms with Crippen LogP contribution in [0.4, 0.5) is 8.78 Å². The third-order valence-corrected chi connectivity index (χ3v) is 2.17. The SMILES string of the molecule is O=c1[nH]c(I)cc(C(F)F)c1Cl. The van der Waals surface area contributed by atoms with E-state index >= 15 is 0 Å². The van der Waals surface area contributed by atoms with Crippen LogP contribution in [-0.4, -0.2) is 4.98 Å². The lowest BCUT2D eigenvalue weighted by Crippen LogP contribution is -2.10. The van der Waals surface area contributed by atoms with Gasteiger partial charge in [-0.05, 0) is 28.7 Å². The molecule has 0 fully saturated rings. The zero-order valence-electron chi connectivity index (χ0n) is 5.57. The van der Waals surface area contributed by atoms with Crippen LogP contribution in [0.5, 0.6) is 0 Å². The van der Waals surface area contributed by atoms with Gasteiger partial charge in [0, 0.05) is 5.56 Å². The van der Waals surface area contributed by atoms with E-state index < -0.39 is 22.6 Å². The Hall–Kier alpha value is -0.170. The molecule has 66 valence electrons. The first kappa shape index (κ1) is 9.91. The highest BCUT2D eigenvalue weighted by atomic mass is 127. The van der Waals surface area contributed by atoms with Gasteiger partial charge in [-0.1, -0.05) is 11.6 Å². The summed E-state index contributed by atoms with van der Waals surface area (Å²) >= 11 is 7.07. The molecule has 1 heterocycles. The number of hydrogen-bond donors (Lipinski definition) is 1. The lowest BCUT2D eigenvalue weighted by molar-refractivity contribution is 0.151. The molecule has 0 aliphatic rings. The molecule has 0 bridgehead atoms. The number of pyridine rings is 1. The van der Waals surface area contributed by atoms with Gasteiger partial charge in [0.1, 0.15) is 5.02 Å². The maximum absolute atomic E-state index is 12.1. The molecule has 0 aromatic carbocycles. The Bertz CT molecular complexity index is 352. The van der Waals surface area contributed by atoms with E-state index in [0.717, 1.165) is 6.07 Å². The van der Waals surface area contributed by atoms with Crippen LogP contribution in [0.2, 0.25) is 5.02 Å². The average Bonchev–Trinajstić information content (AvgIpc) is 1.96. The van der Waals surface area contributed by atoms with Gasteiger partial charge in [0.25, 0.3) is 12.0 Å². The number of aromatic nitrogens is 1. The lowest BCUT2D eigenvalue weighted by Gasteiger charge is -2.01. The highest BCUT2D eigenvalue weighted by Crippen LogP contribution is 2.24. The smallest absolute Gasteiger partial charge is 0.268 e. The molecule has 1 aromatic rings. The summed E-state index contributed by atoms with van der Waals surface area (Å²) in [6.45, 7) is 0. The third-order valence-electron chi connectivity index (χ3n) is 1.20. The van der Waals surface area contributed by atoms with Crippen molar-refractivity contribution in [3.63, 3.8) is 0 Å². The summed E-state index contributed by atoms with van der Waals surface area (Å²) in [7, 11) is 0. The zero-order valence-corrected chi connectivity index (χ0v) is 8.49. The molecule has 0 radical (unpaired) electrons. The average molecular weight is 305 g/mol. The summed E-state index contributed by atoms with van der Waals surface area (Å²) in [6, 6.07) is 1.15. The van der Waals surface area contributed by atoms with Crippen LogP contribution in [0.15, 0.2) is 10.9 Å². The molecule has 12 heavy (non-hydrogen) atoms. The van der Waals surface area contributed by atoms with Gasteiger partial charge in [-0.2, -0.15) is 0 Å². The molecule has 1 aromatic heterocycles. The molecular formula is C6H3ClF2INO. The largest absolute Gasteiger partial charge is 0.316 e. The molecule has 0 unspecified atom stereocenters. The second-order valence-corrected chi connectivity index (χ2v) is 3.56. The van der Waals surface area contributed by atoms with Crippen LogP contribution in [0.3, 0.4) is 0 Å². The first-order valence-electron chi connectivity index (χ1n) is 2.88. The Morgan fingerprint density at radius 3 is 2.67 bits per heavy atom. The van der Waals surface area contributed by atoms with E-state index in [1.807, 2.05) is 0 Å². The van der Waals surface area contributed by atoms with E-state index in [1.54, 1.807) is 22.6 Å². The fourth-order valence-corrected chi connectivity index (χ4v) is 1.45. The Balaban J connectivity index is 3.38. The second kappa shape index (κ2) is 3.69. The maximum Gasteiger partial charge on any atom is 0.268 e. The van der Waals surface area contributed by atoms with Crippen molar-refractivity contribution in [1.29, 1.82) is 0 Å². The van der Waals surface area contributed by atoms with Crippen molar-refractivity contribution in [2.24, 2.45) is 0 Å². The number of hydrogen-bond acceptors (Lipinski definition) is 1. The minimum absolute atomic E-state index is 0.345. The minimum Gasteiger partial charge on any atom is -0.316 e. The first-order valence-corrected chi connectivity index (χ1v) is 4.34. The number of halogens is 4. The minimum atomic E-state index is -2.71. The first-order chi connectivity index (χ1) is 5.52. The lowest BCUT2D eigenvalue weighted by atomic mass is 10.3. The van der Waals surface area contributed by atoms with Crippen molar-refractivity contribution < 1.29 is 8.78 Å². The number of aromatic amines is 1. The highest BCUT2D eigenvalue weighted by Gasteiger charge is 2.14. The third kappa shape index (κ3) is 1.95. The van der Waals surface area contributed by atoms with Gasteiger partial charge in [0.15, 0.2) is 0 Å². The molecule has 0 spiro atoms. The monoisotopic (exact) mass is 305 g/mol. The van der Waals surface area contributed by atoms with Crippen molar-refractivity contribution in [2.45, 2.75) is 6.43 Å². The van der Waals surface area contributed by atoms with Crippen LogP contribution >= 0.6 is 34.2 Å². The van der Waals surface area contributed by atoms with Crippen LogP contribution < -0.4 is 5.56 Å². The normalized spacial score (nSPS) is 10.8. The van der Waals surface area contributed by atoms with Gasteiger partial charge >= 0.3 is 0 Å². The van der Waals surface area contributed by atoms with E-state index in [2.05, 4.69) is 4.98 Å². The van der Waals surface area contributed by atoms with Crippen LogP contribution in [0, 0.1) is 3.70 Å². The molecule has 0 aliphatic carbocycles. The Kier molecular flexibility index (Phi) is 3.05. The van der Waals surface area contributed by atoms with Crippen LogP contribution in [-0.2, 0) is 0 Å². The Labute approximate surface area is 85.1 Å². The summed E-state index contributed by atoms with van der Waals surface area (Å²) in [5, 5.41) is -0.439. The van der Waals surface area contributed by atoms with E-state index in [1.165, 1.54) is 0 Å². The molecule has 0 amide bonds. The summed E-state index contributed by atoms with van der Waals surface area (Å²) < 4.78 is 24.6. The van der Waals surface area contributed by atoms with Gasteiger partial charge in [0.05, 0.1) is 3.70 Å². The van der Waals surface area contributed by atoms with Gasteiger partial charge in [-0.3, -0.25) is 4.79 Å². The molecule has 0 saturated carbocycles. The molecule has 2 nitrogen and oxygen atoms in total. The molecule has 6 heteroatoms. The van der Waals surface area contributed by atoms with Gasteiger partial charge < -0.3 is 4.98 Å². The Morgan fingerprint density at radius 2 is 2.17 bits per heavy atom. The van der Waals surface area contributed by atoms with Crippen molar-refractivity contribution in [2.75, 3.05) is 0 Å². The highest BCUT2D eigenvalue weighted by molar-refractivity contribution is 14.1. The standard InChI is InChI=1S/C6H3ClF2INO/c7-4-2(5(8)9)1-3(10)11-6(4)12/h1,5H,(H,11,12). The van der Waals surface area contributed by atoms with Crippen molar-refractivity contribution in [1.82, 2.24) is 4.98 Å². The van der Waals surface area contributed by atoms with Crippen LogP contribution in [0.25, 0.3) is 0 Å². The number of rotatable bonds is 1. The maximum atomic E-state index is 12.1. The molecule has 0 atom stereocenters. The predicted molar refractivity (Wildman–Crippen MR) is 49.7 cm³/mol. The van der Waals surface area contributed by atoms with Gasteiger partial charge in [0.2, 0.25) is 0 Å².